The summed E-state index contributed by atoms with van der Waals surface area (Å²) in [7, 11) is 2.16. The van der Waals surface area contributed by atoms with Gasteiger partial charge < -0.3 is 4.90 Å². The maximum Gasteiger partial charge on any atom is 0.0302 e. The molecular formula is C5H11IN2. The van der Waals surface area contributed by atoms with Crippen molar-refractivity contribution in [3.05, 3.63) is 0 Å². The van der Waals surface area contributed by atoms with Gasteiger partial charge >= 0.3 is 0 Å². The summed E-state index contributed by atoms with van der Waals surface area (Å²) in [5.74, 6) is 0. The molecule has 48 valence electrons. The third kappa shape index (κ3) is 1.56. The molecule has 0 aromatic rings. The van der Waals surface area contributed by atoms with Gasteiger partial charge in [-0.2, -0.15) is 0 Å². The fourth-order valence-electron chi connectivity index (χ4n) is 1.02. The topological polar surface area (TPSA) is 15.3 Å². The van der Waals surface area contributed by atoms with Crippen molar-refractivity contribution in [2.24, 2.45) is 0 Å². The Balaban J connectivity index is 2.22. The van der Waals surface area contributed by atoms with E-state index in [0.29, 0.717) is 0 Å². The maximum absolute atomic E-state index is 3.22. The highest BCUT2D eigenvalue weighted by molar-refractivity contribution is 14.1. The van der Waals surface area contributed by atoms with Gasteiger partial charge in [0, 0.05) is 35.5 Å². The van der Waals surface area contributed by atoms with Gasteiger partial charge in [-0.15, -0.1) is 0 Å². The smallest absolute Gasteiger partial charge is 0.0302 e. The highest BCUT2D eigenvalue weighted by Gasteiger charge is 2.16. The van der Waals surface area contributed by atoms with Crippen LogP contribution >= 0.6 is 22.9 Å². The summed E-state index contributed by atoms with van der Waals surface area (Å²) in [6.45, 7) is 2.46. The number of halogens is 1. The van der Waals surface area contributed by atoms with Gasteiger partial charge in [-0.3, -0.25) is 3.53 Å². The molecule has 1 unspecified atom stereocenters. The van der Waals surface area contributed by atoms with E-state index in [2.05, 4.69) is 38.3 Å². The minimum absolute atomic E-state index is 0.737. The second-order valence-electron chi connectivity index (χ2n) is 2.36. The van der Waals surface area contributed by atoms with Crippen molar-refractivity contribution >= 4 is 22.9 Å². The number of hydrogen-bond donors (Lipinski definition) is 1. The van der Waals surface area contributed by atoms with Crippen LogP contribution in [0.25, 0.3) is 0 Å². The summed E-state index contributed by atoms with van der Waals surface area (Å²) >= 11 is 2.22. The van der Waals surface area contributed by atoms with Crippen LogP contribution in [0.1, 0.15) is 6.42 Å². The minimum atomic E-state index is 0.737. The zero-order chi connectivity index (χ0) is 5.98. The molecule has 8 heavy (non-hydrogen) atoms. The second kappa shape index (κ2) is 2.98. The first-order valence-corrected chi connectivity index (χ1v) is 3.95. The Morgan fingerprint density at radius 1 is 1.75 bits per heavy atom. The first-order valence-electron chi connectivity index (χ1n) is 2.87. The Hall–Kier alpha value is 0.650. The molecule has 0 spiro atoms. The van der Waals surface area contributed by atoms with Crippen LogP contribution in [0, 0.1) is 0 Å². The van der Waals surface area contributed by atoms with E-state index < -0.39 is 0 Å². The lowest BCUT2D eigenvalue weighted by Gasteiger charge is -2.06. The SMILES string of the molecule is CN1CCC(NI)C1. The molecule has 1 saturated heterocycles. The molecule has 0 aromatic heterocycles. The lowest BCUT2D eigenvalue weighted by atomic mass is 10.3. The van der Waals surface area contributed by atoms with Crippen molar-refractivity contribution in [1.29, 1.82) is 0 Å². The van der Waals surface area contributed by atoms with Gasteiger partial charge in [0.1, 0.15) is 0 Å². The van der Waals surface area contributed by atoms with E-state index in [1.807, 2.05) is 0 Å². The highest BCUT2D eigenvalue weighted by atomic mass is 127. The Morgan fingerprint density at radius 3 is 2.75 bits per heavy atom. The van der Waals surface area contributed by atoms with Gasteiger partial charge in [0.2, 0.25) is 0 Å². The molecule has 0 amide bonds. The average molecular weight is 226 g/mol. The van der Waals surface area contributed by atoms with Crippen molar-refractivity contribution in [3.8, 4) is 0 Å². The molecule has 2 nitrogen and oxygen atoms in total. The van der Waals surface area contributed by atoms with E-state index >= 15 is 0 Å². The van der Waals surface area contributed by atoms with Gasteiger partial charge in [0.25, 0.3) is 0 Å². The van der Waals surface area contributed by atoms with Gasteiger partial charge in [-0.05, 0) is 20.0 Å². The van der Waals surface area contributed by atoms with E-state index in [-0.39, 0.29) is 0 Å². The molecule has 1 heterocycles. The number of nitrogens with one attached hydrogen (secondary N) is 1. The predicted octanol–water partition coefficient (Wildman–Crippen LogP) is 0.630. The Bertz CT molecular complexity index is 76.8. The Labute approximate surface area is 64.1 Å². The molecule has 0 bridgehead atoms. The summed E-state index contributed by atoms with van der Waals surface area (Å²) in [6.07, 6.45) is 1.30. The number of rotatable bonds is 1. The molecule has 0 aromatic carbocycles. The zero-order valence-corrected chi connectivity index (χ0v) is 7.18. The monoisotopic (exact) mass is 226 g/mol. The van der Waals surface area contributed by atoms with Crippen molar-refractivity contribution in [2.45, 2.75) is 12.5 Å². The Morgan fingerprint density at radius 2 is 2.50 bits per heavy atom. The first-order chi connectivity index (χ1) is 3.83. The predicted molar refractivity (Wildman–Crippen MR) is 43.1 cm³/mol. The van der Waals surface area contributed by atoms with Crippen molar-refractivity contribution in [2.75, 3.05) is 20.1 Å². The van der Waals surface area contributed by atoms with Crippen LogP contribution in [0.3, 0.4) is 0 Å². The molecule has 1 aliphatic rings. The maximum atomic E-state index is 3.22. The number of likely N-dealkylation sites (N-methyl/N-ethyl adjacent to an activating group) is 1. The number of likely N-dealkylation sites (tertiary alicyclic amines) is 1. The van der Waals surface area contributed by atoms with Crippen LogP contribution in [0.15, 0.2) is 0 Å². The molecule has 0 saturated carbocycles. The molecule has 1 N–H and O–H groups in total. The van der Waals surface area contributed by atoms with E-state index in [0.717, 1.165) is 6.04 Å². The quantitative estimate of drug-likeness (QED) is 0.521. The third-order valence-corrected chi connectivity index (χ3v) is 2.43. The van der Waals surface area contributed by atoms with E-state index in [4.69, 9.17) is 0 Å². The van der Waals surface area contributed by atoms with Crippen molar-refractivity contribution in [3.63, 3.8) is 0 Å². The summed E-state index contributed by atoms with van der Waals surface area (Å²) in [6, 6.07) is 0.737. The van der Waals surface area contributed by atoms with Crippen LogP contribution in [0.5, 0.6) is 0 Å². The third-order valence-electron chi connectivity index (χ3n) is 1.55. The summed E-state index contributed by atoms with van der Waals surface area (Å²) in [5, 5.41) is 0. The first kappa shape index (κ1) is 6.77. The van der Waals surface area contributed by atoms with Crippen LogP contribution in [-0.4, -0.2) is 31.1 Å². The molecular weight excluding hydrogens is 215 g/mol. The standard InChI is InChI=1S/C5H11IN2/c1-8-3-2-5(4-8)7-6/h5,7H,2-4H2,1H3. The van der Waals surface area contributed by atoms with Gasteiger partial charge in [-0.1, -0.05) is 0 Å². The average Bonchev–Trinajstić information content (AvgIpc) is 2.14. The van der Waals surface area contributed by atoms with E-state index in [1.54, 1.807) is 0 Å². The lowest BCUT2D eigenvalue weighted by molar-refractivity contribution is 0.410. The largest absolute Gasteiger partial charge is 0.305 e. The van der Waals surface area contributed by atoms with Gasteiger partial charge in [0.15, 0.2) is 0 Å². The lowest BCUT2D eigenvalue weighted by Crippen LogP contribution is -2.23. The van der Waals surface area contributed by atoms with Crippen LogP contribution in [0.4, 0.5) is 0 Å². The molecule has 0 aliphatic carbocycles. The van der Waals surface area contributed by atoms with E-state index in [9.17, 15) is 0 Å². The highest BCUT2D eigenvalue weighted by Crippen LogP contribution is 2.06. The summed E-state index contributed by atoms with van der Waals surface area (Å²) in [4.78, 5) is 2.34. The fraction of sp³-hybridized carbons (Fsp3) is 1.00. The van der Waals surface area contributed by atoms with Crippen molar-refractivity contribution in [1.82, 2.24) is 8.43 Å². The summed E-state index contributed by atoms with van der Waals surface area (Å²) < 4.78 is 3.22. The normalized spacial score (nSPS) is 31.5. The van der Waals surface area contributed by atoms with Crippen LogP contribution < -0.4 is 3.53 Å². The van der Waals surface area contributed by atoms with Gasteiger partial charge in [-0.25, -0.2) is 0 Å². The molecule has 3 heteroatoms. The van der Waals surface area contributed by atoms with E-state index in [1.165, 1.54) is 19.5 Å². The minimum Gasteiger partial charge on any atom is -0.305 e. The fourth-order valence-corrected chi connectivity index (χ4v) is 1.53. The molecule has 1 aliphatic heterocycles. The van der Waals surface area contributed by atoms with Crippen LogP contribution in [0.2, 0.25) is 0 Å². The molecule has 1 fully saturated rings. The number of nitrogens with zero attached hydrogens (tertiary/aromatic N) is 1. The molecule has 0 radical (unpaired) electrons. The van der Waals surface area contributed by atoms with Crippen molar-refractivity contribution < 1.29 is 0 Å². The number of hydrogen-bond acceptors (Lipinski definition) is 2. The summed E-state index contributed by atoms with van der Waals surface area (Å²) in [5.41, 5.74) is 0. The zero-order valence-electron chi connectivity index (χ0n) is 5.02. The molecule has 1 rings (SSSR count). The second-order valence-corrected chi connectivity index (χ2v) is 2.98. The van der Waals surface area contributed by atoms with Gasteiger partial charge in [0.05, 0.1) is 0 Å². The Kier molecular flexibility index (Phi) is 2.52. The van der Waals surface area contributed by atoms with Crippen LogP contribution in [-0.2, 0) is 0 Å². The molecule has 1 atom stereocenters.